The van der Waals surface area contributed by atoms with E-state index in [0.717, 1.165) is 5.84 Å². The standard InChI is InChI=1S/C12H24N2/c1-9(2)11(13)14-10-7-5-6-8-12(10,3)4/h9-10H,5-8H2,1-4H3,(H2,13,14). The Labute approximate surface area is 88.0 Å². The first kappa shape index (κ1) is 11.5. The summed E-state index contributed by atoms with van der Waals surface area (Å²) in [5.41, 5.74) is 6.26. The highest BCUT2D eigenvalue weighted by atomic mass is 14.9. The van der Waals surface area contributed by atoms with Gasteiger partial charge >= 0.3 is 0 Å². The summed E-state index contributed by atoms with van der Waals surface area (Å²) >= 11 is 0. The molecule has 0 heterocycles. The average Bonchev–Trinajstić information content (AvgIpc) is 2.08. The normalized spacial score (nSPS) is 28.1. The van der Waals surface area contributed by atoms with Gasteiger partial charge in [0.05, 0.1) is 11.9 Å². The summed E-state index contributed by atoms with van der Waals surface area (Å²) in [5.74, 6) is 1.21. The topological polar surface area (TPSA) is 38.4 Å². The highest BCUT2D eigenvalue weighted by molar-refractivity contribution is 5.82. The molecule has 0 bridgehead atoms. The number of rotatable bonds is 2. The largest absolute Gasteiger partial charge is 0.387 e. The van der Waals surface area contributed by atoms with Crippen molar-refractivity contribution in [3.63, 3.8) is 0 Å². The van der Waals surface area contributed by atoms with Gasteiger partial charge in [0.25, 0.3) is 0 Å². The smallest absolute Gasteiger partial charge is 0.0966 e. The molecule has 1 unspecified atom stereocenters. The lowest BCUT2D eigenvalue weighted by Crippen LogP contribution is -2.34. The van der Waals surface area contributed by atoms with E-state index in [0.29, 0.717) is 17.4 Å². The first-order valence-electron chi connectivity index (χ1n) is 5.76. The molecule has 1 aliphatic carbocycles. The summed E-state index contributed by atoms with van der Waals surface area (Å²) in [5, 5.41) is 0. The van der Waals surface area contributed by atoms with Gasteiger partial charge in [-0.1, -0.05) is 40.5 Å². The van der Waals surface area contributed by atoms with Crippen molar-refractivity contribution < 1.29 is 0 Å². The Balaban J connectivity index is 2.71. The van der Waals surface area contributed by atoms with Crippen LogP contribution in [-0.4, -0.2) is 11.9 Å². The van der Waals surface area contributed by atoms with Crippen LogP contribution in [0.5, 0.6) is 0 Å². The molecular weight excluding hydrogens is 172 g/mol. The molecule has 0 aliphatic heterocycles. The monoisotopic (exact) mass is 196 g/mol. The zero-order chi connectivity index (χ0) is 10.8. The van der Waals surface area contributed by atoms with Gasteiger partial charge in [-0.25, -0.2) is 0 Å². The third-order valence-corrected chi connectivity index (χ3v) is 3.35. The van der Waals surface area contributed by atoms with Crippen LogP contribution in [-0.2, 0) is 0 Å². The van der Waals surface area contributed by atoms with E-state index in [1.54, 1.807) is 0 Å². The molecule has 0 radical (unpaired) electrons. The zero-order valence-electron chi connectivity index (χ0n) is 10.0. The summed E-state index contributed by atoms with van der Waals surface area (Å²) < 4.78 is 0. The lowest BCUT2D eigenvalue weighted by Gasteiger charge is -2.36. The summed E-state index contributed by atoms with van der Waals surface area (Å²) in [7, 11) is 0. The molecular formula is C12H24N2. The van der Waals surface area contributed by atoms with Crippen molar-refractivity contribution >= 4 is 5.84 Å². The van der Waals surface area contributed by atoms with Crippen molar-refractivity contribution in [3.8, 4) is 0 Å². The zero-order valence-corrected chi connectivity index (χ0v) is 10.0. The van der Waals surface area contributed by atoms with E-state index >= 15 is 0 Å². The van der Waals surface area contributed by atoms with Gasteiger partial charge in [0, 0.05) is 5.92 Å². The van der Waals surface area contributed by atoms with Crippen LogP contribution in [0.1, 0.15) is 53.4 Å². The first-order chi connectivity index (χ1) is 6.43. The van der Waals surface area contributed by atoms with Crippen LogP contribution in [0.15, 0.2) is 4.99 Å². The number of nitrogens with two attached hydrogens (primary N) is 1. The second kappa shape index (κ2) is 4.33. The molecule has 14 heavy (non-hydrogen) atoms. The van der Waals surface area contributed by atoms with Gasteiger partial charge in [-0.05, 0) is 18.3 Å². The fourth-order valence-corrected chi connectivity index (χ4v) is 2.04. The van der Waals surface area contributed by atoms with Crippen LogP contribution in [0.2, 0.25) is 0 Å². The van der Waals surface area contributed by atoms with Crippen molar-refractivity contribution in [3.05, 3.63) is 0 Å². The Bertz CT molecular complexity index is 216. The number of hydrogen-bond donors (Lipinski definition) is 1. The molecule has 0 aromatic rings. The van der Waals surface area contributed by atoms with Crippen LogP contribution in [0.3, 0.4) is 0 Å². The predicted molar refractivity (Wildman–Crippen MR) is 62.5 cm³/mol. The molecule has 1 saturated carbocycles. The molecule has 0 aromatic carbocycles. The van der Waals surface area contributed by atoms with Gasteiger partial charge in [0.2, 0.25) is 0 Å². The molecule has 1 fully saturated rings. The minimum atomic E-state index is 0.345. The van der Waals surface area contributed by atoms with E-state index in [2.05, 4.69) is 32.7 Å². The number of amidine groups is 1. The predicted octanol–water partition coefficient (Wildman–Crippen LogP) is 2.97. The molecule has 0 amide bonds. The maximum Gasteiger partial charge on any atom is 0.0966 e. The highest BCUT2D eigenvalue weighted by Crippen LogP contribution is 2.37. The van der Waals surface area contributed by atoms with Crippen LogP contribution < -0.4 is 5.73 Å². The van der Waals surface area contributed by atoms with Gasteiger partial charge in [0.1, 0.15) is 0 Å². The van der Waals surface area contributed by atoms with Gasteiger partial charge in [0.15, 0.2) is 0 Å². The number of nitrogens with zero attached hydrogens (tertiary/aromatic N) is 1. The molecule has 1 aliphatic rings. The third kappa shape index (κ3) is 2.73. The van der Waals surface area contributed by atoms with E-state index in [-0.39, 0.29) is 0 Å². The third-order valence-electron chi connectivity index (χ3n) is 3.35. The maximum absolute atomic E-state index is 5.92. The highest BCUT2D eigenvalue weighted by Gasteiger charge is 2.32. The van der Waals surface area contributed by atoms with E-state index < -0.39 is 0 Å². The average molecular weight is 196 g/mol. The molecule has 0 saturated heterocycles. The molecule has 82 valence electrons. The van der Waals surface area contributed by atoms with E-state index in [4.69, 9.17) is 5.73 Å². The Hall–Kier alpha value is -0.530. The second-order valence-electron chi connectivity index (χ2n) is 5.46. The lowest BCUT2D eigenvalue weighted by atomic mass is 9.73. The molecule has 0 spiro atoms. The van der Waals surface area contributed by atoms with Crippen LogP contribution in [0.4, 0.5) is 0 Å². The summed E-state index contributed by atoms with van der Waals surface area (Å²) in [6, 6.07) is 0.443. The SMILES string of the molecule is CC(C)C(N)=NC1CCCCC1(C)C. The van der Waals surface area contributed by atoms with Crippen LogP contribution in [0, 0.1) is 11.3 Å². The van der Waals surface area contributed by atoms with Gasteiger partial charge in [-0.15, -0.1) is 0 Å². The molecule has 2 heteroatoms. The number of aliphatic imine (C=N–C) groups is 1. The summed E-state index contributed by atoms with van der Waals surface area (Å²) in [6.07, 6.45) is 5.15. The fraction of sp³-hybridized carbons (Fsp3) is 0.917. The lowest BCUT2D eigenvalue weighted by molar-refractivity contribution is 0.203. The van der Waals surface area contributed by atoms with Crippen molar-refractivity contribution in [1.29, 1.82) is 0 Å². The Morgan fingerprint density at radius 3 is 2.50 bits per heavy atom. The van der Waals surface area contributed by atoms with E-state index in [9.17, 15) is 0 Å². The Morgan fingerprint density at radius 1 is 1.36 bits per heavy atom. The maximum atomic E-state index is 5.92. The number of hydrogen-bond acceptors (Lipinski definition) is 1. The van der Waals surface area contributed by atoms with Crippen molar-refractivity contribution in [2.45, 2.75) is 59.4 Å². The van der Waals surface area contributed by atoms with Gasteiger partial charge in [-0.3, -0.25) is 4.99 Å². The molecule has 1 atom stereocenters. The molecule has 1 rings (SSSR count). The summed E-state index contributed by atoms with van der Waals surface area (Å²) in [4.78, 5) is 4.68. The minimum Gasteiger partial charge on any atom is -0.387 e. The minimum absolute atomic E-state index is 0.345. The fourth-order valence-electron chi connectivity index (χ4n) is 2.04. The van der Waals surface area contributed by atoms with Gasteiger partial charge in [-0.2, -0.15) is 0 Å². The first-order valence-corrected chi connectivity index (χ1v) is 5.76. The van der Waals surface area contributed by atoms with E-state index in [1.165, 1.54) is 25.7 Å². The van der Waals surface area contributed by atoms with Crippen molar-refractivity contribution in [2.24, 2.45) is 22.1 Å². The van der Waals surface area contributed by atoms with Crippen molar-refractivity contribution in [2.75, 3.05) is 0 Å². The molecule has 2 nitrogen and oxygen atoms in total. The Morgan fingerprint density at radius 2 is 2.00 bits per heavy atom. The van der Waals surface area contributed by atoms with Crippen molar-refractivity contribution in [1.82, 2.24) is 0 Å². The quantitative estimate of drug-likeness (QED) is 0.535. The Kier molecular flexibility index (Phi) is 3.57. The van der Waals surface area contributed by atoms with E-state index in [1.807, 2.05) is 0 Å². The summed E-state index contributed by atoms with van der Waals surface area (Å²) in [6.45, 7) is 8.84. The second-order valence-corrected chi connectivity index (χ2v) is 5.46. The van der Waals surface area contributed by atoms with Crippen LogP contribution in [0.25, 0.3) is 0 Å². The van der Waals surface area contributed by atoms with Gasteiger partial charge < -0.3 is 5.73 Å². The molecule has 0 aromatic heterocycles. The van der Waals surface area contributed by atoms with Crippen LogP contribution >= 0.6 is 0 Å². The molecule has 2 N–H and O–H groups in total.